The number of hydrogen-bond acceptors (Lipinski definition) is 7. The van der Waals surface area contributed by atoms with Crippen LogP contribution >= 0.6 is 23.6 Å². The number of rotatable bonds is 8. The van der Waals surface area contributed by atoms with Crippen LogP contribution in [-0.2, 0) is 16.0 Å². The third-order valence-corrected chi connectivity index (χ3v) is 6.06. The average Bonchev–Trinajstić information content (AvgIpc) is 3.33. The Labute approximate surface area is 201 Å². The second-order valence-corrected chi connectivity index (χ2v) is 8.62. The molecule has 2 N–H and O–H groups in total. The fourth-order valence-corrected chi connectivity index (χ4v) is 4.48. The molecule has 2 heterocycles. The van der Waals surface area contributed by atoms with Crippen molar-refractivity contribution >= 4 is 51.3 Å². The van der Waals surface area contributed by atoms with E-state index in [9.17, 15) is 9.59 Å². The van der Waals surface area contributed by atoms with Crippen LogP contribution in [0, 0.1) is 13.8 Å². The Kier molecular flexibility index (Phi) is 8.18. The number of anilines is 2. The minimum absolute atomic E-state index is 0.213. The normalized spacial score (nSPS) is 10.5. The molecule has 0 saturated carbocycles. The van der Waals surface area contributed by atoms with E-state index in [0.717, 1.165) is 16.9 Å². The fraction of sp³-hybridized carbons (Fsp3) is 0.304. The Morgan fingerprint density at radius 3 is 2.39 bits per heavy atom. The number of carbonyl (C=O) groups excluding carboxylic acids is 2. The highest BCUT2D eigenvalue weighted by atomic mass is 32.1. The SMILES string of the molecule is CCOC(=O)c1sc(NC(=S)Nc2cnn(Cc3ccc(C)cc3)c2)c(C(=O)OCC)c1C. The number of benzene rings is 1. The molecule has 0 amide bonds. The number of ether oxygens (including phenoxy) is 2. The topological polar surface area (TPSA) is 94.5 Å². The van der Waals surface area contributed by atoms with Gasteiger partial charge >= 0.3 is 11.9 Å². The van der Waals surface area contributed by atoms with Gasteiger partial charge in [0, 0.05) is 6.20 Å². The lowest BCUT2D eigenvalue weighted by molar-refractivity contribution is 0.0527. The Bertz CT molecular complexity index is 1150. The van der Waals surface area contributed by atoms with Gasteiger partial charge in [0.2, 0.25) is 0 Å². The molecule has 33 heavy (non-hydrogen) atoms. The maximum Gasteiger partial charge on any atom is 0.348 e. The van der Waals surface area contributed by atoms with Crippen molar-refractivity contribution in [1.82, 2.24) is 9.78 Å². The summed E-state index contributed by atoms with van der Waals surface area (Å²) in [7, 11) is 0. The third-order valence-electron chi connectivity index (χ3n) is 4.67. The lowest BCUT2D eigenvalue weighted by atomic mass is 10.1. The molecule has 0 bridgehead atoms. The zero-order valence-electron chi connectivity index (χ0n) is 18.9. The molecule has 0 aliphatic rings. The molecule has 0 radical (unpaired) electrons. The molecule has 0 saturated heterocycles. The first-order chi connectivity index (χ1) is 15.8. The molecule has 0 unspecified atom stereocenters. The molecule has 1 aromatic carbocycles. The first-order valence-corrected chi connectivity index (χ1v) is 11.7. The number of hydrogen-bond donors (Lipinski definition) is 2. The van der Waals surface area contributed by atoms with E-state index in [0.29, 0.717) is 27.7 Å². The van der Waals surface area contributed by atoms with Gasteiger partial charge in [-0.05, 0) is 51.0 Å². The number of nitrogens with one attached hydrogen (secondary N) is 2. The quantitative estimate of drug-likeness (QED) is 0.347. The van der Waals surface area contributed by atoms with Gasteiger partial charge in [-0.3, -0.25) is 4.68 Å². The molecular formula is C23H26N4O4S2. The first-order valence-electron chi connectivity index (χ1n) is 10.5. The molecule has 0 fully saturated rings. The summed E-state index contributed by atoms with van der Waals surface area (Å²) in [5.41, 5.74) is 3.79. The summed E-state index contributed by atoms with van der Waals surface area (Å²) < 4.78 is 12.1. The van der Waals surface area contributed by atoms with E-state index in [1.54, 1.807) is 31.6 Å². The number of esters is 2. The molecule has 0 aliphatic carbocycles. The molecule has 174 valence electrons. The van der Waals surface area contributed by atoms with Crippen molar-refractivity contribution in [2.24, 2.45) is 0 Å². The van der Waals surface area contributed by atoms with Crippen LogP contribution in [0.3, 0.4) is 0 Å². The Morgan fingerprint density at radius 2 is 1.73 bits per heavy atom. The maximum absolute atomic E-state index is 12.5. The molecule has 2 aromatic heterocycles. The van der Waals surface area contributed by atoms with E-state index >= 15 is 0 Å². The summed E-state index contributed by atoms with van der Waals surface area (Å²) in [6.45, 7) is 8.26. The number of aromatic nitrogens is 2. The standard InChI is InChI=1S/C23H26N4O4S2/c1-5-30-21(28)18-15(4)19(22(29)31-6-2)33-20(18)26-23(32)25-17-11-24-27(13-17)12-16-9-7-14(3)8-10-16/h7-11,13H,5-6,12H2,1-4H3,(H2,25,26,32). The number of carbonyl (C=O) groups is 2. The van der Waals surface area contributed by atoms with E-state index < -0.39 is 11.9 Å². The van der Waals surface area contributed by atoms with Crippen molar-refractivity contribution in [3.63, 3.8) is 0 Å². The smallest absolute Gasteiger partial charge is 0.348 e. The largest absolute Gasteiger partial charge is 0.462 e. The summed E-state index contributed by atoms with van der Waals surface area (Å²) >= 11 is 6.53. The van der Waals surface area contributed by atoms with Crippen molar-refractivity contribution < 1.29 is 19.1 Å². The number of thiophene rings is 1. The minimum Gasteiger partial charge on any atom is -0.462 e. The van der Waals surface area contributed by atoms with Crippen LogP contribution in [0.15, 0.2) is 36.7 Å². The zero-order valence-corrected chi connectivity index (χ0v) is 20.6. The molecule has 0 atom stereocenters. The monoisotopic (exact) mass is 486 g/mol. The van der Waals surface area contributed by atoms with Gasteiger partial charge in [-0.25, -0.2) is 9.59 Å². The summed E-state index contributed by atoms with van der Waals surface area (Å²) in [4.78, 5) is 25.2. The van der Waals surface area contributed by atoms with Crippen LogP contribution < -0.4 is 10.6 Å². The van der Waals surface area contributed by atoms with Crippen molar-refractivity contribution in [1.29, 1.82) is 0 Å². The van der Waals surface area contributed by atoms with Crippen LogP contribution in [0.1, 0.15) is 50.6 Å². The van der Waals surface area contributed by atoms with Gasteiger partial charge in [0.05, 0.1) is 37.2 Å². The lowest BCUT2D eigenvalue weighted by Gasteiger charge is -2.09. The van der Waals surface area contributed by atoms with Gasteiger partial charge in [-0.15, -0.1) is 11.3 Å². The summed E-state index contributed by atoms with van der Waals surface area (Å²) in [6, 6.07) is 8.25. The van der Waals surface area contributed by atoms with Gasteiger partial charge in [0.25, 0.3) is 0 Å². The van der Waals surface area contributed by atoms with Gasteiger partial charge in [-0.1, -0.05) is 29.8 Å². The van der Waals surface area contributed by atoms with E-state index in [4.69, 9.17) is 21.7 Å². The fourth-order valence-electron chi connectivity index (χ4n) is 3.10. The third kappa shape index (κ3) is 6.17. The average molecular weight is 487 g/mol. The predicted octanol–water partition coefficient (Wildman–Crippen LogP) is 4.77. The molecule has 3 rings (SSSR count). The highest BCUT2D eigenvalue weighted by Gasteiger charge is 2.26. The minimum atomic E-state index is -0.530. The molecule has 0 spiro atoms. The predicted molar refractivity (Wildman–Crippen MR) is 133 cm³/mol. The highest BCUT2D eigenvalue weighted by Crippen LogP contribution is 2.34. The first kappa shape index (κ1) is 24.4. The molecular weight excluding hydrogens is 460 g/mol. The van der Waals surface area contributed by atoms with Crippen molar-refractivity contribution in [3.8, 4) is 0 Å². The van der Waals surface area contributed by atoms with Crippen LogP contribution in [-0.4, -0.2) is 40.0 Å². The van der Waals surface area contributed by atoms with Crippen molar-refractivity contribution in [3.05, 3.63) is 63.8 Å². The van der Waals surface area contributed by atoms with E-state index in [1.165, 1.54) is 5.56 Å². The van der Waals surface area contributed by atoms with E-state index in [-0.39, 0.29) is 23.9 Å². The molecule has 8 nitrogen and oxygen atoms in total. The number of aryl methyl sites for hydroxylation is 1. The van der Waals surface area contributed by atoms with Gasteiger partial charge < -0.3 is 20.1 Å². The summed E-state index contributed by atoms with van der Waals surface area (Å²) in [6.07, 6.45) is 3.50. The Balaban J connectivity index is 1.73. The Morgan fingerprint density at radius 1 is 1.06 bits per heavy atom. The summed E-state index contributed by atoms with van der Waals surface area (Å²) in [5, 5.41) is 11.1. The van der Waals surface area contributed by atoms with Crippen molar-refractivity contribution in [2.45, 2.75) is 34.2 Å². The molecule has 3 aromatic rings. The maximum atomic E-state index is 12.5. The van der Waals surface area contributed by atoms with Crippen LogP contribution in [0.2, 0.25) is 0 Å². The van der Waals surface area contributed by atoms with E-state index in [1.807, 2.05) is 13.1 Å². The van der Waals surface area contributed by atoms with Crippen LogP contribution in [0.25, 0.3) is 0 Å². The van der Waals surface area contributed by atoms with Crippen molar-refractivity contribution in [2.75, 3.05) is 23.8 Å². The summed E-state index contributed by atoms with van der Waals surface area (Å²) in [5.74, 6) is -1.02. The molecule has 0 aliphatic heterocycles. The van der Waals surface area contributed by atoms with Gasteiger partial charge in [0.1, 0.15) is 9.88 Å². The zero-order chi connectivity index (χ0) is 24.0. The highest BCUT2D eigenvalue weighted by molar-refractivity contribution is 7.80. The molecule has 10 heteroatoms. The second kappa shape index (κ2) is 11.1. The van der Waals surface area contributed by atoms with Gasteiger partial charge in [-0.2, -0.15) is 5.10 Å². The van der Waals surface area contributed by atoms with E-state index in [2.05, 4.69) is 40.0 Å². The number of thiocarbonyl (C=S) groups is 1. The second-order valence-electron chi connectivity index (χ2n) is 7.19. The van der Waals surface area contributed by atoms with Gasteiger partial charge in [0.15, 0.2) is 5.11 Å². The number of nitrogens with zero attached hydrogens (tertiary/aromatic N) is 2. The van der Waals surface area contributed by atoms with Crippen LogP contribution in [0.4, 0.5) is 10.7 Å². The lowest BCUT2D eigenvalue weighted by Crippen LogP contribution is -2.20. The Hall–Kier alpha value is -3.24. The van der Waals surface area contributed by atoms with Crippen LogP contribution in [0.5, 0.6) is 0 Å².